The van der Waals surface area contributed by atoms with Crippen LogP contribution in [0, 0.1) is 5.92 Å². The SMILES string of the molecule is CC1=NC(C2CCC(F)(F)CC2)CC1. The van der Waals surface area contributed by atoms with Crippen LogP contribution in [-0.4, -0.2) is 17.7 Å². The molecule has 0 aromatic rings. The highest BCUT2D eigenvalue weighted by Gasteiger charge is 2.38. The molecule has 3 heteroatoms. The summed E-state index contributed by atoms with van der Waals surface area (Å²) in [5, 5.41) is 0. The van der Waals surface area contributed by atoms with Crippen LogP contribution in [0.25, 0.3) is 0 Å². The number of aliphatic imine (C=N–C) groups is 1. The minimum Gasteiger partial charge on any atom is -0.291 e. The number of halogens is 2. The summed E-state index contributed by atoms with van der Waals surface area (Å²) >= 11 is 0. The van der Waals surface area contributed by atoms with Crippen molar-refractivity contribution in [2.24, 2.45) is 10.9 Å². The van der Waals surface area contributed by atoms with E-state index in [9.17, 15) is 8.78 Å². The summed E-state index contributed by atoms with van der Waals surface area (Å²) in [5.74, 6) is -1.97. The monoisotopic (exact) mass is 201 g/mol. The molecular formula is C11H17F2N. The highest BCUT2D eigenvalue weighted by molar-refractivity contribution is 5.83. The maximum Gasteiger partial charge on any atom is 0.248 e. The molecule has 1 fully saturated rings. The number of hydrogen-bond donors (Lipinski definition) is 0. The lowest BCUT2D eigenvalue weighted by atomic mass is 9.81. The van der Waals surface area contributed by atoms with Crippen LogP contribution in [0.4, 0.5) is 8.78 Å². The van der Waals surface area contributed by atoms with E-state index in [1.807, 2.05) is 6.92 Å². The molecule has 0 aromatic heterocycles. The Morgan fingerprint density at radius 3 is 2.36 bits per heavy atom. The normalized spacial score (nSPS) is 33.1. The van der Waals surface area contributed by atoms with Gasteiger partial charge in [0, 0.05) is 18.6 Å². The summed E-state index contributed by atoms with van der Waals surface area (Å²) in [6.45, 7) is 2.04. The standard InChI is InChI=1S/C11H17F2N/c1-8-2-3-10(14-8)9-4-6-11(12,13)7-5-9/h9-10H,2-7H2,1H3. The van der Waals surface area contributed by atoms with E-state index in [1.165, 1.54) is 5.71 Å². The molecule has 1 aliphatic heterocycles. The van der Waals surface area contributed by atoms with Crippen LogP contribution in [0.3, 0.4) is 0 Å². The Kier molecular flexibility index (Phi) is 2.58. The second-order valence-electron chi connectivity index (χ2n) is 4.66. The summed E-state index contributed by atoms with van der Waals surface area (Å²) in [7, 11) is 0. The van der Waals surface area contributed by atoms with E-state index >= 15 is 0 Å². The van der Waals surface area contributed by atoms with E-state index in [2.05, 4.69) is 4.99 Å². The molecule has 0 aromatic carbocycles. The van der Waals surface area contributed by atoms with Gasteiger partial charge in [0.2, 0.25) is 5.92 Å². The minimum absolute atomic E-state index is 0.0722. The van der Waals surface area contributed by atoms with Crippen LogP contribution in [-0.2, 0) is 0 Å². The zero-order valence-corrected chi connectivity index (χ0v) is 8.60. The molecule has 0 radical (unpaired) electrons. The van der Waals surface area contributed by atoms with E-state index in [0.29, 0.717) is 24.8 Å². The number of rotatable bonds is 1. The van der Waals surface area contributed by atoms with Crippen molar-refractivity contribution in [1.29, 1.82) is 0 Å². The fourth-order valence-corrected chi connectivity index (χ4v) is 2.56. The summed E-state index contributed by atoms with van der Waals surface area (Å²) in [6, 6.07) is 0.353. The molecule has 0 saturated heterocycles. The zero-order valence-electron chi connectivity index (χ0n) is 8.60. The first-order valence-electron chi connectivity index (χ1n) is 5.48. The summed E-state index contributed by atoms with van der Waals surface area (Å²) in [6.07, 6.45) is 3.62. The second-order valence-corrected chi connectivity index (χ2v) is 4.66. The van der Waals surface area contributed by atoms with Crippen molar-refractivity contribution in [3.8, 4) is 0 Å². The van der Waals surface area contributed by atoms with E-state index in [-0.39, 0.29) is 12.8 Å². The molecular weight excluding hydrogens is 184 g/mol. The van der Waals surface area contributed by atoms with Gasteiger partial charge in [0.15, 0.2) is 0 Å². The van der Waals surface area contributed by atoms with Crippen molar-refractivity contribution < 1.29 is 8.78 Å². The molecule has 0 bridgehead atoms. The van der Waals surface area contributed by atoms with Crippen LogP contribution >= 0.6 is 0 Å². The zero-order chi connectivity index (χ0) is 10.2. The topological polar surface area (TPSA) is 12.4 Å². The van der Waals surface area contributed by atoms with Gasteiger partial charge in [-0.3, -0.25) is 4.99 Å². The summed E-state index contributed by atoms with van der Waals surface area (Å²) in [4.78, 5) is 4.53. The maximum absolute atomic E-state index is 12.9. The van der Waals surface area contributed by atoms with E-state index in [0.717, 1.165) is 12.8 Å². The molecule has 0 amide bonds. The molecule has 1 aliphatic carbocycles. The number of hydrogen-bond acceptors (Lipinski definition) is 1. The van der Waals surface area contributed by atoms with Crippen molar-refractivity contribution in [3.63, 3.8) is 0 Å². The summed E-state index contributed by atoms with van der Waals surface area (Å²) in [5.41, 5.74) is 1.20. The average molecular weight is 201 g/mol. The fourth-order valence-electron chi connectivity index (χ4n) is 2.56. The van der Waals surface area contributed by atoms with Crippen molar-refractivity contribution in [2.75, 3.05) is 0 Å². The van der Waals surface area contributed by atoms with Gasteiger partial charge in [-0.05, 0) is 38.5 Å². The predicted molar refractivity (Wildman–Crippen MR) is 53.0 cm³/mol. The molecule has 1 atom stereocenters. The van der Waals surface area contributed by atoms with Gasteiger partial charge in [-0.15, -0.1) is 0 Å². The highest BCUT2D eigenvalue weighted by atomic mass is 19.3. The Bertz CT molecular complexity index is 238. The van der Waals surface area contributed by atoms with Crippen LogP contribution in [0.5, 0.6) is 0 Å². The van der Waals surface area contributed by atoms with Crippen LogP contribution in [0.1, 0.15) is 45.4 Å². The molecule has 0 N–H and O–H groups in total. The molecule has 1 unspecified atom stereocenters. The maximum atomic E-state index is 12.9. The molecule has 2 aliphatic rings. The Morgan fingerprint density at radius 1 is 1.21 bits per heavy atom. The lowest BCUT2D eigenvalue weighted by Gasteiger charge is -2.30. The molecule has 1 heterocycles. The number of alkyl halides is 2. The van der Waals surface area contributed by atoms with Gasteiger partial charge in [-0.25, -0.2) is 8.78 Å². The number of nitrogens with zero attached hydrogens (tertiary/aromatic N) is 1. The van der Waals surface area contributed by atoms with Crippen molar-refractivity contribution in [1.82, 2.24) is 0 Å². The first-order chi connectivity index (χ1) is 6.57. The molecule has 2 rings (SSSR count). The van der Waals surface area contributed by atoms with E-state index < -0.39 is 5.92 Å². The van der Waals surface area contributed by atoms with Gasteiger partial charge in [-0.2, -0.15) is 0 Å². The Morgan fingerprint density at radius 2 is 1.86 bits per heavy atom. The molecule has 1 nitrogen and oxygen atoms in total. The summed E-state index contributed by atoms with van der Waals surface area (Å²) < 4.78 is 25.8. The van der Waals surface area contributed by atoms with Crippen LogP contribution in [0.2, 0.25) is 0 Å². The Balaban J connectivity index is 1.90. The predicted octanol–water partition coefficient (Wildman–Crippen LogP) is 3.44. The Hall–Kier alpha value is -0.470. The van der Waals surface area contributed by atoms with Crippen molar-refractivity contribution in [2.45, 2.75) is 57.4 Å². The third-order valence-electron chi connectivity index (χ3n) is 3.49. The van der Waals surface area contributed by atoms with Crippen molar-refractivity contribution in [3.05, 3.63) is 0 Å². The Labute approximate surface area is 83.6 Å². The third kappa shape index (κ3) is 2.12. The molecule has 80 valence electrons. The van der Waals surface area contributed by atoms with Crippen LogP contribution < -0.4 is 0 Å². The van der Waals surface area contributed by atoms with E-state index in [4.69, 9.17) is 0 Å². The minimum atomic E-state index is -2.39. The van der Waals surface area contributed by atoms with Gasteiger partial charge in [0.05, 0.1) is 6.04 Å². The lowest BCUT2D eigenvalue weighted by Crippen LogP contribution is -2.29. The molecule has 1 saturated carbocycles. The molecule has 0 spiro atoms. The largest absolute Gasteiger partial charge is 0.291 e. The lowest BCUT2D eigenvalue weighted by molar-refractivity contribution is -0.0480. The van der Waals surface area contributed by atoms with Gasteiger partial charge >= 0.3 is 0 Å². The van der Waals surface area contributed by atoms with Crippen molar-refractivity contribution >= 4 is 5.71 Å². The molecule has 14 heavy (non-hydrogen) atoms. The smallest absolute Gasteiger partial charge is 0.248 e. The van der Waals surface area contributed by atoms with E-state index in [1.54, 1.807) is 0 Å². The first kappa shape index (κ1) is 10.1. The average Bonchev–Trinajstić information content (AvgIpc) is 2.52. The highest BCUT2D eigenvalue weighted by Crippen LogP contribution is 2.39. The first-order valence-corrected chi connectivity index (χ1v) is 5.48. The quantitative estimate of drug-likeness (QED) is 0.616. The van der Waals surface area contributed by atoms with Gasteiger partial charge < -0.3 is 0 Å². The van der Waals surface area contributed by atoms with Crippen LogP contribution in [0.15, 0.2) is 4.99 Å². The van der Waals surface area contributed by atoms with Gasteiger partial charge in [-0.1, -0.05) is 0 Å². The fraction of sp³-hybridized carbons (Fsp3) is 0.909. The van der Waals surface area contributed by atoms with Gasteiger partial charge in [0.25, 0.3) is 0 Å². The third-order valence-corrected chi connectivity index (χ3v) is 3.49. The van der Waals surface area contributed by atoms with Gasteiger partial charge in [0.1, 0.15) is 0 Å². The second kappa shape index (κ2) is 3.59.